The Balaban J connectivity index is 1.71. The molecule has 5 heteroatoms. The second-order valence-electron chi connectivity index (χ2n) is 4.48. The molecule has 21 heavy (non-hydrogen) atoms. The van der Waals surface area contributed by atoms with Crippen molar-refractivity contribution < 1.29 is 8.81 Å². The summed E-state index contributed by atoms with van der Waals surface area (Å²) in [6.07, 6.45) is 1.62. The first-order valence-corrected chi connectivity index (χ1v) is 7.38. The van der Waals surface area contributed by atoms with Crippen molar-refractivity contribution in [1.82, 2.24) is 4.98 Å². The maximum Gasteiger partial charge on any atom is 0.226 e. The van der Waals surface area contributed by atoms with Crippen molar-refractivity contribution in [2.75, 3.05) is 5.73 Å². The number of oxazole rings is 1. The van der Waals surface area contributed by atoms with Crippen LogP contribution in [0, 0.1) is 5.82 Å². The van der Waals surface area contributed by atoms with Gasteiger partial charge in [0.05, 0.1) is 5.69 Å². The van der Waals surface area contributed by atoms with Crippen LogP contribution < -0.4 is 5.73 Å². The molecule has 0 saturated heterocycles. The van der Waals surface area contributed by atoms with Crippen molar-refractivity contribution >= 4 is 17.4 Å². The summed E-state index contributed by atoms with van der Waals surface area (Å²) in [5.41, 5.74) is 8.23. The highest BCUT2D eigenvalue weighted by atomic mass is 32.2. The van der Waals surface area contributed by atoms with Gasteiger partial charge in [0.2, 0.25) is 5.89 Å². The molecule has 0 amide bonds. The second-order valence-corrected chi connectivity index (χ2v) is 5.49. The molecule has 2 N–H and O–H groups in total. The molecule has 0 saturated carbocycles. The van der Waals surface area contributed by atoms with Gasteiger partial charge in [-0.3, -0.25) is 0 Å². The molecule has 0 aliphatic carbocycles. The molecule has 2 aromatic carbocycles. The van der Waals surface area contributed by atoms with Crippen LogP contribution >= 0.6 is 11.8 Å². The Labute approximate surface area is 126 Å². The van der Waals surface area contributed by atoms with Gasteiger partial charge in [-0.15, -0.1) is 11.8 Å². The van der Waals surface area contributed by atoms with E-state index in [9.17, 15) is 4.39 Å². The van der Waals surface area contributed by atoms with Crippen molar-refractivity contribution in [3.8, 4) is 11.5 Å². The lowest BCUT2D eigenvalue weighted by Crippen LogP contribution is -1.88. The molecule has 0 bridgehead atoms. The zero-order chi connectivity index (χ0) is 14.7. The minimum Gasteiger partial charge on any atom is -0.444 e. The number of nitrogens with zero attached hydrogens (tertiary/aromatic N) is 1. The third-order valence-electron chi connectivity index (χ3n) is 2.94. The first kappa shape index (κ1) is 13.7. The molecule has 1 heterocycles. The summed E-state index contributed by atoms with van der Waals surface area (Å²) in [6.45, 7) is 0. The average molecular weight is 300 g/mol. The van der Waals surface area contributed by atoms with Crippen LogP contribution in [0.15, 0.2) is 64.1 Å². The Morgan fingerprint density at radius 3 is 2.62 bits per heavy atom. The number of anilines is 1. The normalized spacial score (nSPS) is 10.7. The molecule has 106 valence electrons. The van der Waals surface area contributed by atoms with Crippen LogP contribution in [-0.4, -0.2) is 4.98 Å². The number of rotatable bonds is 4. The van der Waals surface area contributed by atoms with E-state index in [0.717, 1.165) is 21.8 Å². The molecule has 1 aromatic heterocycles. The van der Waals surface area contributed by atoms with Crippen molar-refractivity contribution in [1.29, 1.82) is 0 Å². The van der Waals surface area contributed by atoms with Gasteiger partial charge < -0.3 is 10.2 Å². The monoisotopic (exact) mass is 300 g/mol. The highest BCUT2D eigenvalue weighted by Gasteiger charge is 2.08. The molecule has 0 aliphatic heterocycles. The van der Waals surface area contributed by atoms with Crippen LogP contribution in [-0.2, 0) is 5.75 Å². The van der Waals surface area contributed by atoms with Gasteiger partial charge in [0.15, 0.2) is 0 Å². The summed E-state index contributed by atoms with van der Waals surface area (Å²) in [4.78, 5) is 5.42. The molecule has 3 rings (SSSR count). The zero-order valence-electron chi connectivity index (χ0n) is 11.1. The molecular weight excluding hydrogens is 287 g/mol. The van der Waals surface area contributed by atoms with Crippen LogP contribution in [0.2, 0.25) is 0 Å². The number of aromatic nitrogens is 1. The highest BCUT2D eigenvalue weighted by molar-refractivity contribution is 7.98. The molecule has 0 spiro atoms. The topological polar surface area (TPSA) is 52.0 Å². The van der Waals surface area contributed by atoms with Crippen LogP contribution in [0.1, 0.15) is 5.69 Å². The van der Waals surface area contributed by atoms with Crippen molar-refractivity contribution in [3.63, 3.8) is 0 Å². The number of halogens is 1. The van der Waals surface area contributed by atoms with E-state index < -0.39 is 0 Å². The summed E-state index contributed by atoms with van der Waals surface area (Å²) < 4.78 is 18.3. The number of hydrogen-bond donors (Lipinski definition) is 1. The lowest BCUT2D eigenvalue weighted by Gasteiger charge is -2.02. The maximum atomic E-state index is 12.9. The predicted octanol–water partition coefficient (Wildman–Crippen LogP) is 4.36. The quantitative estimate of drug-likeness (QED) is 0.574. The van der Waals surface area contributed by atoms with Gasteiger partial charge in [-0.25, -0.2) is 9.37 Å². The molecule has 0 unspecified atom stereocenters. The summed E-state index contributed by atoms with van der Waals surface area (Å²) in [6, 6.07) is 13.8. The largest absolute Gasteiger partial charge is 0.444 e. The highest BCUT2D eigenvalue weighted by Crippen LogP contribution is 2.28. The van der Waals surface area contributed by atoms with Gasteiger partial charge >= 0.3 is 0 Å². The van der Waals surface area contributed by atoms with Gasteiger partial charge in [0.1, 0.15) is 12.1 Å². The van der Waals surface area contributed by atoms with E-state index in [-0.39, 0.29) is 5.82 Å². The fourth-order valence-corrected chi connectivity index (χ4v) is 2.71. The first-order valence-electron chi connectivity index (χ1n) is 6.40. The van der Waals surface area contributed by atoms with Crippen molar-refractivity contribution in [2.45, 2.75) is 10.6 Å². The standard InChI is InChI=1S/C16H13FN2OS/c17-12-7-5-11(6-8-12)16-19-13(9-20-16)10-21-15-4-2-1-3-14(15)18/h1-9H,10,18H2. The lowest BCUT2D eigenvalue weighted by molar-refractivity contribution is 0.573. The number of nitrogens with two attached hydrogens (primary N) is 1. The van der Waals surface area contributed by atoms with E-state index in [1.54, 1.807) is 30.2 Å². The average Bonchev–Trinajstić information content (AvgIpc) is 2.96. The van der Waals surface area contributed by atoms with Crippen molar-refractivity contribution in [3.05, 3.63) is 66.3 Å². The Kier molecular flexibility index (Phi) is 3.92. The summed E-state index contributed by atoms with van der Waals surface area (Å²) in [5, 5.41) is 0. The Hall–Kier alpha value is -2.27. The molecule has 0 fully saturated rings. The maximum absolute atomic E-state index is 12.9. The fraction of sp³-hybridized carbons (Fsp3) is 0.0625. The van der Waals surface area contributed by atoms with Gasteiger partial charge in [-0.1, -0.05) is 12.1 Å². The third kappa shape index (κ3) is 3.25. The van der Waals surface area contributed by atoms with E-state index in [2.05, 4.69) is 4.98 Å². The zero-order valence-corrected chi connectivity index (χ0v) is 11.9. The van der Waals surface area contributed by atoms with E-state index in [1.165, 1.54) is 12.1 Å². The number of benzene rings is 2. The summed E-state index contributed by atoms with van der Waals surface area (Å²) in [7, 11) is 0. The number of thioether (sulfide) groups is 1. The van der Waals surface area contributed by atoms with E-state index in [0.29, 0.717) is 11.6 Å². The smallest absolute Gasteiger partial charge is 0.226 e. The molecular formula is C16H13FN2OS. The molecule has 0 atom stereocenters. The summed E-state index contributed by atoms with van der Waals surface area (Å²) in [5.74, 6) is 0.881. The van der Waals surface area contributed by atoms with Crippen LogP contribution in [0.5, 0.6) is 0 Å². The Morgan fingerprint density at radius 2 is 1.86 bits per heavy atom. The number of nitrogen functional groups attached to an aromatic ring is 1. The minimum absolute atomic E-state index is 0.277. The predicted molar refractivity (Wildman–Crippen MR) is 82.3 cm³/mol. The number of hydrogen-bond acceptors (Lipinski definition) is 4. The Bertz CT molecular complexity index is 740. The van der Waals surface area contributed by atoms with E-state index in [1.807, 2.05) is 24.3 Å². The molecule has 0 aliphatic rings. The lowest BCUT2D eigenvalue weighted by atomic mass is 10.2. The van der Waals surface area contributed by atoms with Gasteiger partial charge in [-0.2, -0.15) is 0 Å². The SMILES string of the molecule is Nc1ccccc1SCc1coc(-c2ccc(F)cc2)n1. The summed E-state index contributed by atoms with van der Waals surface area (Å²) >= 11 is 1.60. The van der Waals surface area contributed by atoms with E-state index >= 15 is 0 Å². The van der Waals surface area contributed by atoms with Gasteiger partial charge in [0.25, 0.3) is 0 Å². The van der Waals surface area contributed by atoms with E-state index in [4.69, 9.17) is 10.2 Å². The minimum atomic E-state index is -0.277. The van der Waals surface area contributed by atoms with Crippen LogP contribution in [0.3, 0.4) is 0 Å². The Morgan fingerprint density at radius 1 is 1.10 bits per heavy atom. The van der Waals surface area contributed by atoms with Gasteiger partial charge in [-0.05, 0) is 36.4 Å². The molecule has 3 aromatic rings. The van der Waals surface area contributed by atoms with Crippen LogP contribution in [0.4, 0.5) is 10.1 Å². The fourth-order valence-electron chi connectivity index (χ4n) is 1.86. The molecule has 3 nitrogen and oxygen atoms in total. The van der Waals surface area contributed by atoms with Crippen molar-refractivity contribution in [2.24, 2.45) is 0 Å². The molecule has 0 radical (unpaired) electrons. The third-order valence-corrected chi connectivity index (χ3v) is 4.06. The van der Waals surface area contributed by atoms with Gasteiger partial charge in [0, 0.05) is 21.9 Å². The first-order chi connectivity index (χ1) is 10.2. The van der Waals surface area contributed by atoms with Crippen LogP contribution in [0.25, 0.3) is 11.5 Å². The second kappa shape index (κ2) is 6.01. The number of para-hydroxylation sites is 1.